The van der Waals surface area contributed by atoms with Crippen LogP contribution in [0.5, 0.6) is 0 Å². The van der Waals surface area contributed by atoms with Crippen molar-refractivity contribution in [1.82, 2.24) is 28.6 Å². The second-order valence-electron chi connectivity index (χ2n) is 12.6. The second-order valence-corrected chi connectivity index (χ2v) is 20.3. The normalized spacial score (nSPS) is 19.1. The molecule has 0 N–H and O–H groups in total. The molecule has 0 spiro atoms. The standard InChI is InChI=1S/C29H36N8OSSi/c1-28(2,3)40(4,5)34-39(38,24-11-12-24)35-19-29(20-35,14-15-30)37-18-22(17-33-37)26-25-13-16-36(27(25)32-21-31-26)23-9-7-6-8-10-23/h6-10,13,16-18,21,24H,11-12,14,19-20H2,1-5H3. The Morgan fingerprint density at radius 2 is 1.88 bits per heavy atom. The number of para-hydroxylation sites is 1. The molecule has 0 amide bonds. The van der Waals surface area contributed by atoms with Gasteiger partial charge in [0.05, 0.1) is 29.6 Å². The minimum Gasteiger partial charge on any atom is -0.301 e. The molecule has 1 saturated heterocycles. The van der Waals surface area contributed by atoms with E-state index in [9.17, 15) is 9.47 Å². The summed E-state index contributed by atoms with van der Waals surface area (Å²) in [6, 6.07) is 14.5. The molecule has 2 aliphatic rings. The highest BCUT2D eigenvalue weighted by molar-refractivity contribution is 7.93. The van der Waals surface area contributed by atoms with Gasteiger partial charge in [-0.15, -0.1) is 0 Å². The van der Waals surface area contributed by atoms with Crippen LogP contribution in [0.4, 0.5) is 0 Å². The van der Waals surface area contributed by atoms with Crippen LogP contribution in [0.15, 0.2) is 65.3 Å². The van der Waals surface area contributed by atoms with Crippen molar-refractivity contribution in [3.63, 3.8) is 0 Å². The summed E-state index contributed by atoms with van der Waals surface area (Å²) < 4.78 is 25.6. The maximum absolute atomic E-state index is 14.5. The van der Waals surface area contributed by atoms with E-state index in [1.165, 1.54) is 0 Å². The third-order valence-electron chi connectivity index (χ3n) is 8.73. The fourth-order valence-electron chi connectivity index (χ4n) is 5.15. The zero-order chi connectivity index (χ0) is 28.3. The average Bonchev–Trinajstić information content (AvgIpc) is 3.49. The zero-order valence-electron chi connectivity index (χ0n) is 23.8. The van der Waals surface area contributed by atoms with Crippen molar-refractivity contribution >= 4 is 29.2 Å². The molecule has 1 saturated carbocycles. The molecule has 11 heteroatoms. The summed E-state index contributed by atoms with van der Waals surface area (Å²) in [5, 5.41) is 15.6. The van der Waals surface area contributed by atoms with E-state index in [2.05, 4.69) is 49.9 Å². The maximum Gasteiger partial charge on any atom is 0.194 e. The summed E-state index contributed by atoms with van der Waals surface area (Å²) in [5.74, 6) is 0. The van der Waals surface area contributed by atoms with Gasteiger partial charge < -0.3 is 4.57 Å². The molecule has 1 atom stereocenters. The number of fused-ring (bicyclic) bond motifs is 1. The van der Waals surface area contributed by atoms with Gasteiger partial charge in [-0.1, -0.05) is 39.0 Å². The monoisotopic (exact) mass is 572 g/mol. The van der Waals surface area contributed by atoms with Crippen LogP contribution < -0.4 is 0 Å². The fraction of sp³-hybridized carbons (Fsp3) is 0.448. The van der Waals surface area contributed by atoms with E-state index in [0.717, 1.165) is 40.8 Å². The van der Waals surface area contributed by atoms with Gasteiger partial charge in [-0.2, -0.15) is 10.4 Å². The molecule has 40 heavy (non-hydrogen) atoms. The van der Waals surface area contributed by atoms with Crippen LogP contribution >= 0.6 is 0 Å². The first-order valence-electron chi connectivity index (χ1n) is 13.8. The Morgan fingerprint density at radius 3 is 2.52 bits per heavy atom. The molecule has 1 aliphatic carbocycles. The fourth-order valence-corrected chi connectivity index (χ4v) is 11.9. The van der Waals surface area contributed by atoms with Crippen molar-refractivity contribution in [2.45, 2.75) is 69.0 Å². The predicted octanol–water partition coefficient (Wildman–Crippen LogP) is 5.76. The van der Waals surface area contributed by atoms with Crippen LogP contribution in [-0.2, 0) is 15.5 Å². The van der Waals surface area contributed by atoms with Crippen molar-refractivity contribution < 1.29 is 4.21 Å². The van der Waals surface area contributed by atoms with Gasteiger partial charge in [-0.05, 0) is 49.2 Å². The summed E-state index contributed by atoms with van der Waals surface area (Å²) in [4.78, 5) is 9.17. The Balaban J connectivity index is 1.33. The number of nitrogens with zero attached hydrogens (tertiary/aromatic N) is 8. The van der Waals surface area contributed by atoms with Gasteiger partial charge in [0.15, 0.2) is 8.24 Å². The maximum atomic E-state index is 14.5. The summed E-state index contributed by atoms with van der Waals surface area (Å²) in [5.41, 5.74) is 2.96. The van der Waals surface area contributed by atoms with Crippen LogP contribution in [0.2, 0.25) is 18.1 Å². The van der Waals surface area contributed by atoms with Crippen LogP contribution in [-0.4, -0.2) is 59.4 Å². The Hall–Kier alpha value is -3.33. The number of benzene rings is 1. The van der Waals surface area contributed by atoms with Gasteiger partial charge in [-0.25, -0.2) is 18.5 Å². The van der Waals surface area contributed by atoms with E-state index < -0.39 is 23.7 Å². The second kappa shape index (κ2) is 9.36. The van der Waals surface area contributed by atoms with Gasteiger partial charge in [-0.3, -0.25) is 8.71 Å². The Kier molecular flexibility index (Phi) is 6.29. The first-order chi connectivity index (χ1) is 19.0. The molecule has 208 valence electrons. The van der Waals surface area contributed by atoms with Crippen LogP contribution in [0.25, 0.3) is 28.0 Å². The van der Waals surface area contributed by atoms with Crippen molar-refractivity contribution in [3.8, 4) is 23.0 Å². The molecule has 3 aromatic heterocycles. The highest BCUT2D eigenvalue weighted by atomic mass is 32.2. The molecular weight excluding hydrogens is 537 g/mol. The zero-order valence-corrected chi connectivity index (χ0v) is 25.6. The summed E-state index contributed by atoms with van der Waals surface area (Å²) >= 11 is 0. The number of hydrogen-bond acceptors (Lipinski definition) is 6. The van der Waals surface area contributed by atoms with E-state index in [4.69, 9.17) is 9.13 Å². The van der Waals surface area contributed by atoms with Gasteiger partial charge in [0.1, 0.15) is 27.4 Å². The SMILES string of the molecule is CC(C)(C)[Si](C)(C)N=S(=O)(C1CC1)N1CC(CC#N)(n2cc(-c3ncnc4c3ccn4-c3ccccc3)cn2)C1. The third kappa shape index (κ3) is 4.38. The first kappa shape index (κ1) is 26.9. The molecule has 0 radical (unpaired) electrons. The predicted molar refractivity (Wildman–Crippen MR) is 161 cm³/mol. The third-order valence-corrected chi connectivity index (χ3v) is 17.6. The molecule has 4 aromatic rings. The van der Waals surface area contributed by atoms with Crippen molar-refractivity contribution in [1.29, 1.82) is 5.26 Å². The largest absolute Gasteiger partial charge is 0.301 e. The minimum absolute atomic E-state index is 0.0123. The first-order valence-corrected chi connectivity index (χ1v) is 18.3. The van der Waals surface area contributed by atoms with Crippen molar-refractivity contribution in [3.05, 3.63) is 61.3 Å². The lowest BCUT2D eigenvalue weighted by molar-refractivity contribution is 0.0748. The minimum atomic E-state index is -2.53. The van der Waals surface area contributed by atoms with E-state index in [0.29, 0.717) is 13.1 Å². The smallest absolute Gasteiger partial charge is 0.194 e. The van der Waals surface area contributed by atoms with E-state index in [1.54, 1.807) is 6.33 Å². The lowest BCUT2D eigenvalue weighted by Crippen LogP contribution is -2.65. The van der Waals surface area contributed by atoms with Crippen molar-refractivity contribution in [2.75, 3.05) is 13.1 Å². The lowest BCUT2D eigenvalue weighted by Gasteiger charge is -2.50. The summed E-state index contributed by atoms with van der Waals surface area (Å²) in [7, 11) is -4.66. The molecule has 4 heterocycles. The molecule has 6 rings (SSSR count). The van der Waals surface area contributed by atoms with Gasteiger partial charge in [0.25, 0.3) is 0 Å². The molecule has 1 aliphatic heterocycles. The van der Waals surface area contributed by atoms with Gasteiger partial charge in [0.2, 0.25) is 0 Å². The number of rotatable bonds is 7. The average molecular weight is 573 g/mol. The molecule has 1 aromatic carbocycles. The quantitative estimate of drug-likeness (QED) is 0.262. The highest BCUT2D eigenvalue weighted by Crippen LogP contribution is 2.45. The number of hydrogen-bond donors (Lipinski definition) is 0. The lowest BCUT2D eigenvalue weighted by atomic mass is 9.89. The Morgan fingerprint density at radius 1 is 1.15 bits per heavy atom. The Labute approximate surface area is 237 Å². The number of aromatic nitrogens is 5. The summed E-state index contributed by atoms with van der Waals surface area (Å²) in [6.45, 7) is 12.0. The van der Waals surface area contributed by atoms with Gasteiger partial charge in [0, 0.05) is 42.1 Å². The topological polar surface area (TPSA) is 105 Å². The van der Waals surface area contributed by atoms with Gasteiger partial charge >= 0.3 is 0 Å². The van der Waals surface area contributed by atoms with Crippen LogP contribution in [0, 0.1) is 11.3 Å². The highest BCUT2D eigenvalue weighted by Gasteiger charge is 2.54. The molecular formula is C29H36N8OSSi. The molecule has 2 fully saturated rings. The molecule has 9 nitrogen and oxygen atoms in total. The summed E-state index contributed by atoms with van der Waals surface area (Å²) in [6.07, 6.45) is 9.56. The number of nitriles is 1. The van der Waals surface area contributed by atoms with Crippen LogP contribution in [0.3, 0.4) is 0 Å². The molecule has 1 unspecified atom stereocenters. The molecule has 0 bridgehead atoms. The van der Waals surface area contributed by atoms with Crippen LogP contribution in [0.1, 0.15) is 40.0 Å². The van der Waals surface area contributed by atoms with E-state index in [-0.39, 0.29) is 16.7 Å². The van der Waals surface area contributed by atoms with Crippen molar-refractivity contribution in [2.24, 2.45) is 4.03 Å². The Bertz CT molecular complexity index is 1730. The van der Waals surface area contributed by atoms with E-state index >= 15 is 0 Å². The van der Waals surface area contributed by atoms with E-state index in [1.807, 2.05) is 68.5 Å².